The summed E-state index contributed by atoms with van der Waals surface area (Å²) in [5, 5.41) is 0. The Labute approximate surface area is 167 Å². The summed E-state index contributed by atoms with van der Waals surface area (Å²) in [6.45, 7) is 4.24. The molecule has 0 bridgehead atoms. The van der Waals surface area contributed by atoms with Crippen molar-refractivity contribution >= 4 is 45.1 Å². The molecule has 1 fully saturated rings. The monoisotopic (exact) mass is 401 g/mol. The fraction of sp³-hybridized carbons (Fsp3) is 0.450. The van der Waals surface area contributed by atoms with Crippen LogP contribution in [0.15, 0.2) is 29.3 Å². The predicted molar refractivity (Wildman–Crippen MR) is 112 cm³/mol. The number of nitrogens with zero attached hydrogens (tertiary/aromatic N) is 3. The van der Waals surface area contributed by atoms with E-state index >= 15 is 0 Å². The highest BCUT2D eigenvalue weighted by molar-refractivity contribution is 8.00. The normalized spacial score (nSPS) is 15.9. The third kappa shape index (κ3) is 5.02. The maximum Gasteiger partial charge on any atom is 0.258 e. The molecule has 7 heteroatoms. The number of thiazole rings is 1. The van der Waals surface area contributed by atoms with Gasteiger partial charge in [0.05, 0.1) is 28.3 Å². The van der Waals surface area contributed by atoms with Crippen LogP contribution in [0.5, 0.6) is 0 Å². The van der Waals surface area contributed by atoms with Gasteiger partial charge in [0, 0.05) is 13.1 Å². The first-order valence-corrected chi connectivity index (χ1v) is 11.0. The molecule has 0 radical (unpaired) electrons. The quantitative estimate of drug-likeness (QED) is 0.724. The molecule has 0 spiro atoms. The summed E-state index contributed by atoms with van der Waals surface area (Å²) in [7, 11) is 0. The van der Waals surface area contributed by atoms with E-state index in [0.717, 1.165) is 36.1 Å². The van der Waals surface area contributed by atoms with Gasteiger partial charge in [-0.25, -0.2) is 0 Å². The summed E-state index contributed by atoms with van der Waals surface area (Å²) in [6.07, 6.45) is 7.59. The van der Waals surface area contributed by atoms with Crippen LogP contribution in [0.1, 0.15) is 19.8 Å². The number of piperidine rings is 1. The van der Waals surface area contributed by atoms with Crippen molar-refractivity contribution in [2.75, 3.05) is 24.6 Å². The van der Waals surface area contributed by atoms with Crippen molar-refractivity contribution in [2.24, 2.45) is 10.9 Å². The van der Waals surface area contributed by atoms with Crippen molar-refractivity contribution in [2.45, 2.75) is 26.3 Å². The molecule has 1 aliphatic rings. The fourth-order valence-corrected chi connectivity index (χ4v) is 4.81. The van der Waals surface area contributed by atoms with Gasteiger partial charge in [0.15, 0.2) is 4.80 Å². The summed E-state index contributed by atoms with van der Waals surface area (Å²) in [5.41, 5.74) is 0.981. The lowest BCUT2D eigenvalue weighted by atomic mass is 9.99. The number of likely N-dealkylation sites (tertiary alicyclic amines) is 1. The smallest absolute Gasteiger partial charge is 0.258 e. The zero-order valence-electron chi connectivity index (χ0n) is 15.4. The van der Waals surface area contributed by atoms with Crippen LogP contribution in [0.2, 0.25) is 0 Å². The molecule has 142 valence electrons. The van der Waals surface area contributed by atoms with E-state index in [-0.39, 0.29) is 17.6 Å². The Balaban J connectivity index is 1.60. The Kier molecular flexibility index (Phi) is 6.75. The van der Waals surface area contributed by atoms with Crippen molar-refractivity contribution in [3.05, 3.63) is 29.1 Å². The highest BCUT2D eigenvalue weighted by Crippen LogP contribution is 2.18. The lowest BCUT2D eigenvalue weighted by Gasteiger charge is -2.30. The van der Waals surface area contributed by atoms with Crippen LogP contribution in [0, 0.1) is 18.3 Å². The molecule has 5 nitrogen and oxygen atoms in total. The summed E-state index contributed by atoms with van der Waals surface area (Å²) < 4.78 is 2.92. The van der Waals surface area contributed by atoms with E-state index in [1.54, 1.807) is 0 Å². The molecule has 1 aromatic heterocycles. The molecule has 1 saturated heterocycles. The van der Waals surface area contributed by atoms with E-state index in [9.17, 15) is 9.59 Å². The Morgan fingerprint density at radius 2 is 2.04 bits per heavy atom. The third-order valence-corrected chi connectivity index (χ3v) is 6.61. The number of hydrogen-bond acceptors (Lipinski definition) is 4. The van der Waals surface area contributed by atoms with Crippen LogP contribution >= 0.6 is 23.1 Å². The van der Waals surface area contributed by atoms with Crippen molar-refractivity contribution in [1.29, 1.82) is 0 Å². The van der Waals surface area contributed by atoms with Crippen molar-refractivity contribution in [1.82, 2.24) is 9.47 Å². The Morgan fingerprint density at radius 1 is 1.30 bits per heavy atom. The summed E-state index contributed by atoms with van der Waals surface area (Å²) in [6, 6.07) is 7.85. The lowest BCUT2D eigenvalue weighted by Crippen LogP contribution is -2.39. The number of para-hydroxylation sites is 1. The van der Waals surface area contributed by atoms with Crippen LogP contribution in [0.4, 0.5) is 0 Å². The molecule has 0 aliphatic carbocycles. The second-order valence-corrected chi connectivity index (χ2v) is 8.70. The maximum atomic E-state index is 12.3. The number of hydrogen-bond donors (Lipinski definition) is 0. The fourth-order valence-electron chi connectivity index (χ4n) is 3.06. The molecule has 2 aromatic rings. The van der Waals surface area contributed by atoms with Crippen molar-refractivity contribution in [3.63, 3.8) is 0 Å². The van der Waals surface area contributed by atoms with Gasteiger partial charge < -0.3 is 9.47 Å². The average Bonchev–Trinajstić information content (AvgIpc) is 3.00. The first-order valence-electron chi connectivity index (χ1n) is 9.03. The molecule has 0 saturated carbocycles. The van der Waals surface area contributed by atoms with Gasteiger partial charge in [0.2, 0.25) is 5.91 Å². The SMILES string of the molecule is C#CCn1c(=NC(=O)CSCC(=O)N2CCC(C)CC2)sc2ccccc21. The van der Waals surface area contributed by atoms with E-state index in [1.807, 2.05) is 33.7 Å². The number of amides is 2. The van der Waals surface area contributed by atoms with Gasteiger partial charge in [0.25, 0.3) is 5.91 Å². The van der Waals surface area contributed by atoms with Crippen molar-refractivity contribution in [3.8, 4) is 12.3 Å². The van der Waals surface area contributed by atoms with Gasteiger partial charge in [-0.05, 0) is 30.9 Å². The predicted octanol–water partition coefficient (Wildman–Crippen LogP) is 2.76. The highest BCUT2D eigenvalue weighted by atomic mass is 32.2. The topological polar surface area (TPSA) is 54.7 Å². The van der Waals surface area contributed by atoms with Gasteiger partial charge in [-0.1, -0.05) is 36.3 Å². The number of rotatable bonds is 5. The molecule has 27 heavy (non-hydrogen) atoms. The van der Waals surface area contributed by atoms with Crippen LogP contribution < -0.4 is 4.80 Å². The van der Waals surface area contributed by atoms with E-state index < -0.39 is 0 Å². The van der Waals surface area contributed by atoms with Crippen molar-refractivity contribution < 1.29 is 9.59 Å². The van der Waals surface area contributed by atoms with Crippen LogP contribution in [-0.4, -0.2) is 45.9 Å². The zero-order valence-corrected chi connectivity index (χ0v) is 17.0. The third-order valence-electron chi connectivity index (χ3n) is 4.65. The average molecular weight is 402 g/mol. The highest BCUT2D eigenvalue weighted by Gasteiger charge is 2.20. The molecular formula is C20H23N3O2S2. The summed E-state index contributed by atoms with van der Waals surface area (Å²) in [4.78, 5) is 31.3. The lowest BCUT2D eigenvalue weighted by molar-refractivity contribution is -0.129. The molecule has 3 rings (SSSR count). The van der Waals surface area contributed by atoms with Crippen LogP contribution in [0.3, 0.4) is 0 Å². The second kappa shape index (κ2) is 9.25. The van der Waals surface area contributed by atoms with E-state index in [0.29, 0.717) is 23.0 Å². The standard InChI is InChI=1S/C20H23N3O2S2/c1-3-10-23-16-6-4-5-7-17(16)27-20(23)21-18(24)13-26-14-19(25)22-11-8-15(2)9-12-22/h1,4-7,15H,8-14H2,2H3. The van der Waals surface area contributed by atoms with Gasteiger partial charge >= 0.3 is 0 Å². The second-order valence-electron chi connectivity index (χ2n) is 6.70. The first-order chi connectivity index (χ1) is 13.1. The zero-order chi connectivity index (χ0) is 19.2. The minimum absolute atomic E-state index is 0.115. The number of carbonyl (C=O) groups excluding carboxylic acids is 2. The molecule has 1 aliphatic heterocycles. The minimum Gasteiger partial charge on any atom is -0.342 e. The largest absolute Gasteiger partial charge is 0.342 e. The molecule has 0 unspecified atom stereocenters. The van der Waals surface area contributed by atoms with E-state index in [4.69, 9.17) is 6.42 Å². The number of aromatic nitrogens is 1. The maximum absolute atomic E-state index is 12.3. The van der Waals surface area contributed by atoms with Crippen LogP contribution in [-0.2, 0) is 16.1 Å². The van der Waals surface area contributed by atoms with Gasteiger partial charge in [-0.2, -0.15) is 4.99 Å². The molecule has 0 N–H and O–H groups in total. The first kappa shape index (κ1) is 19.7. The van der Waals surface area contributed by atoms with Gasteiger partial charge in [-0.15, -0.1) is 18.2 Å². The number of benzene rings is 1. The summed E-state index contributed by atoms with van der Waals surface area (Å²) in [5.74, 6) is 3.71. The Hall–Kier alpha value is -2.04. The number of carbonyl (C=O) groups is 2. The molecule has 1 aromatic carbocycles. The molecule has 2 heterocycles. The molecule has 2 amide bonds. The van der Waals surface area contributed by atoms with Crippen LogP contribution in [0.25, 0.3) is 10.2 Å². The van der Waals surface area contributed by atoms with Gasteiger partial charge in [-0.3, -0.25) is 9.59 Å². The van der Waals surface area contributed by atoms with Gasteiger partial charge in [0.1, 0.15) is 0 Å². The Bertz CT molecular complexity index is 931. The molecular weight excluding hydrogens is 378 g/mol. The number of fused-ring (bicyclic) bond motifs is 1. The number of thioether (sulfide) groups is 1. The molecule has 0 atom stereocenters. The van der Waals surface area contributed by atoms with E-state index in [2.05, 4.69) is 17.8 Å². The minimum atomic E-state index is -0.239. The number of terminal acetylenes is 1. The Morgan fingerprint density at radius 3 is 2.78 bits per heavy atom. The van der Waals surface area contributed by atoms with E-state index in [1.165, 1.54) is 23.1 Å². The summed E-state index contributed by atoms with van der Waals surface area (Å²) >= 11 is 2.78.